The van der Waals surface area contributed by atoms with Gasteiger partial charge in [-0.05, 0) is 73.3 Å². The number of fused-ring (bicyclic) bond motifs is 2. The number of carboxylic acids is 1. The maximum Gasteiger partial charge on any atom is 0.306 e. The molecule has 4 rings (SSSR count). The van der Waals surface area contributed by atoms with Crippen molar-refractivity contribution in [2.75, 3.05) is 0 Å². The fraction of sp³-hybridized carbons (Fsp3) is 0.474. The van der Waals surface area contributed by atoms with Crippen molar-refractivity contribution in [3.63, 3.8) is 0 Å². The lowest BCUT2D eigenvalue weighted by Gasteiger charge is -2.23. The van der Waals surface area contributed by atoms with Gasteiger partial charge in [0.2, 0.25) is 0 Å². The molecule has 126 valence electrons. The average Bonchev–Trinajstić information content (AvgIpc) is 3.00. The van der Waals surface area contributed by atoms with Crippen molar-refractivity contribution in [3.8, 4) is 0 Å². The summed E-state index contributed by atoms with van der Waals surface area (Å²) in [6.45, 7) is 0. The standard InChI is InChI=1S/C19H20FNO3/c20-14-1-2-17-16(7-14)15(3-4-21-17)11-5-12-8-19(24,10-18(22)23)9-13(12)6-11/h1-4,7,11-13,24H,5-6,8-10H2,(H,22,23)/t11?,12-,13+,19?. The van der Waals surface area contributed by atoms with Crippen molar-refractivity contribution in [1.82, 2.24) is 4.98 Å². The van der Waals surface area contributed by atoms with Crippen LogP contribution in [0.1, 0.15) is 43.6 Å². The molecule has 2 aliphatic carbocycles. The van der Waals surface area contributed by atoms with Gasteiger partial charge in [-0.15, -0.1) is 0 Å². The van der Waals surface area contributed by atoms with Crippen LogP contribution in [-0.4, -0.2) is 26.8 Å². The van der Waals surface area contributed by atoms with Crippen LogP contribution in [0, 0.1) is 17.7 Å². The topological polar surface area (TPSA) is 70.4 Å². The molecule has 1 aromatic carbocycles. The largest absolute Gasteiger partial charge is 0.481 e. The summed E-state index contributed by atoms with van der Waals surface area (Å²) in [7, 11) is 0. The number of hydrogen-bond donors (Lipinski definition) is 2. The van der Waals surface area contributed by atoms with Gasteiger partial charge in [0.1, 0.15) is 5.82 Å². The quantitative estimate of drug-likeness (QED) is 0.904. The second-order valence-corrected chi connectivity index (χ2v) is 7.45. The molecule has 1 heterocycles. The molecule has 2 aliphatic rings. The Morgan fingerprint density at radius 2 is 1.96 bits per heavy atom. The third-order valence-corrected chi connectivity index (χ3v) is 5.78. The summed E-state index contributed by atoms with van der Waals surface area (Å²) < 4.78 is 13.6. The van der Waals surface area contributed by atoms with Gasteiger partial charge >= 0.3 is 5.97 Å². The Hall–Kier alpha value is -2.01. The highest BCUT2D eigenvalue weighted by Gasteiger charge is 2.49. The van der Waals surface area contributed by atoms with Crippen LogP contribution < -0.4 is 0 Å². The molecule has 4 atom stereocenters. The zero-order valence-corrected chi connectivity index (χ0v) is 13.3. The predicted octanol–water partition coefficient (Wildman–Crippen LogP) is 3.48. The summed E-state index contributed by atoms with van der Waals surface area (Å²) in [5.41, 5.74) is 0.863. The van der Waals surface area contributed by atoms with Crippen LogP contribution in [0.25, 0.3) is 10.9 Å². The number of benzene rings is 1. The minimum Gasteiger partial charge on any atom is -0.481 e. The van der Waals surface area contributed by atoms with E-state index < -0.39 is 11.6 Å². The Kier molecular flexibility index (Phi) is 3.57. The monoisotopic (exact) mass is 329 g/mol. The van der Waals surface area contributed by atoms with E-state index in [4.69, 9.17) is 5.11 Å². The van der Waals surface area contributed by atoms with E-state index in [9.17, 15) is 14.3 Å². The fourth-order valence-corrected chi connectivity index (χ4v) is 4.95. The van der Waals surface area contributed by atoms with Crippen LogP contribution in [0.4, 0.5) is 4.39 Å². The number of aliphatic carboxylic acids is 1. The molecular weight excluding hydrogens is 309 g/mol. The molecule has 0 radical (unpaired) electrons. The molecule has 5 heteroatoms. The fourth-order valence-electron chi connectivity index (χ4n) is 4.95. The van der Waals surface area contributed by atoms with Gasteiger partial charge in [0.25, 0.3) is 0 Å². The van der Waals surface area contributed by atoms with Crippen molar-refractivity contribution >= 4 is 16.9 Å². The van der Waals surface area contributed by atoms with Gasteiger partial charge in [0.05, 0.1) is 17.5 Å². The molecule has 2 saturated carbocycles. The number of aliphatic hydroxyl groups is 1. The molecule has 4 nitrogen and oxygen atoms in total. The van der Waals surface area contributed by atoms with Crippen molar-refractivity contribution < 1.29 is 19.4 Å². The van der Waals surface area contributed by atoms with Crippen LogP contribution >= 0.6 is 0 Å². The van der Waals surface area contributed by atoms with Gasteiger partial charge in [0.15, 0.2) is 0 Å². The Balaban J connectivity index is 1.58. The number of nitrogens with zero attached hydrogens (tertiary/aromatic N) is 1. The second-order valence-electron chi connectivity index (χ2n) is 7.45. The third-order valence-electron chi connectivity index (χ3n) is 5.78. The molecule has 0 aliphatic heterocycles. The Morgan fingerprint density at radius 3 is 2.62 bits per heavy atom. The summed E-state index contributed by atoms with van der Waals surface area (Å²) in [6.07, 6.45) is 4.54. The molecule has 0 saturated heterocycles. The van der Waals surface area contributed by atoms with Crippen LogP contribution in [-0.2, 0) is 4.79 Å². The molecule has 0 spiro atoms. The normalized spacial score (nSPS) is 32.2. The van der Waals surface area contributed by atoms with Crippen molar-refractivity contribution in [2.24, 2.45) is 11.8 Å². The first-order valence-corrected chi connectivity index (χ1v) is 8.42. The van der Waals surface area contributed by atoms with E-state index in [2.05, 4.69) is 4.98 Å². The highest BCUT2D eigenvalue weighted by molar-refractivity contribution is 5.82. The van der Waals surface area contributed by atoms with Crippen LogP contribution in [0.2, 0.25) is 0 Å². The number of carbonyl (C=O) groups is 1. The molecule has 1 aromatic heterocycles. The van der Waals surface area contributed by atoms with E-state index in [0.29, 0.717) is 30.6 Å². The Labute approximate surface area is 139 Å². The van der Waals surface area contributed by atoms with Gasteiger partial charge in [0, 0.05) is 11.6 Å². The van der Waals surface area contributed by atoms with Gasteiger partial charge in [-0.2, -0.15) is 0 Å². The highest BCUT2D eigenvalue weighted by Crippen LogP contribution is 2.55. The molecule has 0 bridgehead atoms. The van der Waals surface area contributed by atoms with E-state index in [0.717, 1.165) is 29.3 Å². The number of pyridine rings is 1. The van der Waals surface area contributed by atoms with Gasteiger partial charge in [-0.1, -0.05) is 0 Å². The number of aromatic nitrogens is 1. The van der Waals surface area contributed by atoms with E-state index in [1.54, 1.807) is 18.3 Å². The molecule has 2 N–H and O–H groups in total. The first-order valence-electron chi connectivity index (χ1n) is 8.42. The first kappa shape index (κ1) is 15.5. The lowest BCUT2D eigenvalue weighted by atomic mass is 9.88. The lowest BCUT2D eigenvalue weighted by molar-refractivity contribution is -0.142. The van der Waals surface area contributed by atoms with E-state index >= 15 is 0 Å². The number of halogens is 1. The molecule has 0 amide bonds. The lowest BCUT2D eigenvalue weighted by Crippen LogP contribution is -2.29. The number of rotatable bonds is 3. The summed E-state index contributed by atoms with van der Waals surface area (Å²) in [5.74, 6) is -0.190. The molecule has 2 aromatic rings. The van der Waals surface area contributed by atoms with Gasteiger partial charge in [-0.25, -0.2) is 4.39 Å². The predicted molar refractivity (Wildman–Crippen MR) is 87.1 cm³/mol. The number of carboxylic acid groups (broad SMARTS) is 1. The van der Waals surface area contributed by atoms with Crippen molar-refractivity contribution in [3.05, 3.63) is 41.8 Å². The Bertz CT molecular complexity index is 792. The second kappa shape index (κ2) is 5.52. The molecule has 2 unspecified atom stereocenters. The van der Waals surface area contributed by atoms with Crippen LogP contribution in [0.5, 0.6) is 0 Å². The van der Waals surface area contributed by atoms with E-state index in [-0.39, 0.29) is 12.2 Å². The summed E-state index contributed by atoms with van der Waals surface area (Å²) in [6, 6.07) is 6.65. The summed E-state index contributed by atoms with van der Waals surface area (Å²) in [5, 5.41) is 20.3. The third kappa shape index (κ3) is 2.67. The average molecular weight is 329 g/mol. The zero-order valence-electron chi connectivity index (χ0n) is 13.3. The smallest absolute Gasteiger partial charge is 0.306 e. The maximum absolute atomic E-state index is 13.6. The van der Waals surface area contributed by atoms with Crippen molar-refractivity contribution in [2.45, 2.75) is 43.6 Å². The first-order chi connectivity index (χ1) is 11.4. The highest BCUT2D eigenvalue weighted by atomic mass is 19.1. The summed E-state index contributed by atoms with van der Waals surface area (Å²) in [4.78, 5) is 15.3. The minimum atomic E-state index is -1.06. The van der Waals surface area contributed by atoms with E-state index in [1.807, 2.05) is 6.07 Å². The van der Waals surface area contributed by atoms with Gasteiger partial charge in [-0.3, -0.25) is 9.78 Å². The molecule has 24 heavy (non-hydrogen) atoms. The number of hydrogen-bond acceptors (Lipinski definition) is 3. The van der Waals surface area contributed by atoms with Crippen LogP contribution in [0.15, 0.2) is 30.5 Å². The summed E-state index contributed by atoms with van der Waals surface area (Å²) >= 11 is 0. The van der Waals surface area contributed by atoms with E-state index in [1.165, 1.54) is 6.07 Å². The van der Waals surface area contributed by atoms with Crippen molar-refractivity contribution in [1.29, 1.82) is 0 Å². The maximum atomic E-state index is 13.6. The minimum absolute atomic E-state index is 0.173. The van der Waals surface area contributed by atoms with Crippen LogP contribution in [0.3, 0.4) is 0 Å². The molecular formula is C19H20FNO3. The van der Waals surface area contributed by atoms with Gasteiger partial charge < -0.3 is 10.2 Å². The molecule has 2 fully saturated rings. The zero-order chi connectivity index (χ0) is 16.9. The Morgan fingerprint density at radius 1 is 1.25 bits per heavy atom. The SMILES string of the molecule is O=C(O)CC1(O)C[C@H]2CC(c3ccnc4ccc(F)cc34)C[C@H]2C1.